The fourth-order valence-electron chi connectivity index (χ4n) is 3.06. The molecule has 1 aliphatic rings. The van der Waals surface area contributed by atoms with Crippen LogP contribution >= 0.6 is 11.6 Å². The van der Waals surface area contributed by atoms with Gasteiger partial charge in [-0.15, -0.1) is 0 Å². The zero-order valence-electron chi connectivity index (χ0n) is 14.8. The number of fused-ring (bicyclic) bond motifs is 1. The van der Waals surface area contributed by atoms with Crippen molar-refractivity contribution < 1.29 is 19.1 Å². The highest BCUT2D eigenvalue weighted by atomic mass is 35.5. The fourth-order valence-corrected chi connectivity index (χ4v) is 3.17. The number of imidazole rings is 1. The molecule has 26 heavy (non-hydrogen) atoms. The third-order valence-electron chi connectivity index (χ3n) is 4.46. The normalized spacial score (nSPS) is 16.2. The minimum absolute atomic E-state index is 0.183. The number of H-pyrrole nitrogens is 1. The molecule has 0 bridgehead atoms. The molecule has 2 heterocycles. The van der Waals surface area contributed by atoms with Crippen LogP contribution in [-0.2, 0) is 27.3 Å². The number of carbonyl (C=O) groups is 2. The maximum absolute atomic E-state index is 12.7. The quantitative estimate of drug-likeness (QED) is 0.825. The van der Waals surface area contributed by atoms with Crippen LogP contribution in [-0.4, -0.2) is 46.5 Å². The molecule has 3 rings (SSSR count). The predicted molar refractivity (Wildman–Crippen MR) is 95.1 cm³/mol. The predicted octanol–water partition coefficient (Wildman–Crippen LogP) is 2.19. The molecule has 1 aromatic heterocycles. The summed E-state index contributed by atoms with van der Waals surface area (Å²) in [7, 11) is 1.31. The molecule has 1 N–H and O–H groups in total. The molecule has 2 aromatic rings. The first kappa shape index (κ1) is 18.3. The Balaban J connectivity index is 1.74. The molecule has 1 amide bonds. The van der Waals surface area contributed by atoms with Crippen LogP contribution in [0.3, 0.4) is 0 Å². The van der Waals surface area contributed by atoms with Gasteiger partial charge in [0.2, 0.25) is 0 Å². The molecule has 0 spiro atoms. The lowest BCUT2D eigenvalue weighted by atomic mass is 10.0. The number of methoxy groups -OCH3 is 1. The van der Waals surface area contributed by atoms with Crippen LogP contribution in [0.1, 0.15) is 22.5 Å². The summed E-state index contributed by atoms with van der Waals surface area (Å²) < 4.78 is 10.5. The molecule has 1 unspecified atom stereocenters. The molecule has 1 aromatic carbocycles. The highest BCUT2D eigenvalue weighted by molar-refractivity contribution is 6.32. The third kappa shape index (κ3) is 3.53. The number of nitrogens with one attached hydrogen (secondary N) is 1. The number of esters is 1. The number of aromatic nitrogens is 2. The number of hydrogen-bond donors (Lipinski definition) is 1. The van der Waals surface area contributed by atoms with Gasteiger partial charge in [-0.2, -0.15) is 0 Å². The number of aromatic amines is 1. The van der Waals surface area contributed by atoms with E-state index in [2.05, 4.69) is 9.97 Å². The van der Waals surface area contributed by atoms with Crippen LogP contribution in [0.2, 0.25) is 5.02 Å². The topological polar surface area (TPSA) is 84.5 Å². The van der Waals surface area contributed by atoms with Crippen molar-refractivity contribution in [3.8, 4) is 5.75 Å². The number of aryl methyl sites for hydroxylation is 2. The molecular formula is C18H20ClN3O4. The van der Waals surface area contributed by atoms with E-state index in [0.717, 1.165) is 22.5 Å². The number of nitrogens with zero attached hydrogens (tertiary/aromatic N) is 2. The van der Waals surface area contributed by atoms with Gasteiger partial charge < -0.3 is 19.4 Å². The molecule has 138 valence electrons. The van der Waals surface area contributed by atoms with Gasteiger partial charge in [0.15, 0.2) is 6.61 Å². The Morgan fingerprint density at radius 2 is 2.04 bits per heavy atom. The van der Waals surface area contributed by atoms with E-state index in [0.29, 0.717) is 17.2 Å². The number of benzene rings is 1. The van der Waals surface area contributed by atoms with E-state index in [9.17, 15) is 9.59 Å². The SMILES string of the molecule is COC(=O)C1Cc2nc[nH]c2CN1C(=O)COc1cc(C)c(Cl)c(C)c1. The molecule has 7 nitrogen and oxygen atoms in total. The monoisotopic (exact) mass is 377 g/mol. The molecule has 1 aliphatic heterocycles. The van der Waals surface area contributed by atoms with Gasteiger partial charge >= 0.3 is 5.97 Å². The first-order valence-electron chi connectivity index (χ1n) is 8.18. The number of hydrogen-bond acceptors (Lipinski definition) is 5. The van der Waals surface area contributed by atoms with Crippen molar-refractivity contribution in [2.75, 3.05) is 13.7 Å². The van der Waals surface area contributed by atoms with E-state index in [1.807, 2.05) is 13.8 Å². The second kappa shape index (κ2) is 7.37. The summed E-state index contributed by atoms with van der Waals surface area (Å²) in [4.78, 5) is 33.5. The van der Waals surface area contributed by atoms with Gasteiger partial charge in [0.25, 0.3) is 5.91 Å². The summed E-state index contributed by atoms with van der Waals surface area (Å²) in [6.45, 7) is 3.83. The number of carbonyl (C=O) groups excluding carboxylic acids is 2. The van der Waals surface area contributed by atoms with Crippen LogP contribution in [0.15, 0.2) is 18.5 Å². The summed E-state index contributed by atoms with van der Waals surface area (Å²) in [6, 6.07) is 2.85. The second-order valence-corrected chi connectivity index (χ2v) is 6.63. The lowest BCUT2D eigenvalue weighted by molar-refractivity contribution is -0.154. The Kier molecular flexibility index (Phi) is 5.18. The zero-order chi connectivity index (χ0) is 18.8. The van der Waals surface area contributed by atoms with Crippen molar-refractivity contribution in [2.45, 2.75) is 32.9 Å². The summed E-state index contributed by atoms with van der Waals surface area (Å²) >= 11 is 6.15. The van der Waals surface area contributed by atoms with Crippen molar-refractivity contribution in [3.63, 3.8) is 0 Å². The minimum Gasteiger partial charge on any atom is -0.484 e. The standard InChI is InChI=1S/C18H20ClN3O4/c1-10-4-12(5-11(2)17(10)19)26-8-16(23)22-7-14-13(20-9-21-14)6-15(22)18(24)25-3/h4-5,9,15H,6-8H2,1-3H3,(H,20,21). The number of rotatable bonds is 4. The fraction of sp³-hybridized carbons (Fsp3) is 0.389. The van der Waals surface area contributed by atoms with Gasteiger partial charge in [-0.25, -0.2) is 9.78 Å². The van der Waals surface area contributed by atoms with Gasteiger partial charge in [-0.05, 0) is 37.1 Å². The van der Waals surface area contributed by atoms with Crippen LogP contribution in [0.4, 0.5) is 0 Å². The second-order valence-electron chi connectivity index (χ2n) is 6.25. The van der Waals surface area contributed by atoms with E-state index >= 15 is 0 Å². The largest absolute Gasteiger partial charge is 0.484 e. The number of halogens is 1. The molecule has 0 saturated carbocycles. The van der Waals surface area contributed by atoms with E-state index in [1.54, 1.807) is 18.5 Å². The van der Waals surface area contributed by atoms with Gasteiger partial charge in [-0.1, -0.05) is 11.6 Å². The van der Waals surface area contributed by atoms with Gasteiger partial charge in [0.1, 0.15) is 11.8 Å². The highest BCUT2D eigenvalue weighted by Crippen LogP contribution is 2.26. The average molecular weight is 378 g/mol. The van der Waals surface area contributed by atoms with Crippen LogP contribution < -0.4 is 4.74 Å². The minimum atomic E-state index is -0.708. The van der Waals surface area contributed by atoms with Crippen molar-refractivity contribution in [3.05, 3.63) is 46.0 Å². The molecule has 0 fully saturated rings. The van der Waals surface area contributed by atoms with Crippen LogP contribution in [0.25, 0.3) is 0 Å². The van der Waals surface area contributed by atoms with Gasteiger partial charge in [0.05, 0.1) is 31.4 Å². The van der Waals surface area contributed by atoms with E-state index < -0.39 is 12.0 Å². The maximum atomic E-state index is 12.7. The van der Waals surface area contributed by atoms with Crippen molar-refractivity contribution in [2.24, 2.45) is 0 Å². The molecule has 1 atom stereocenters. The first-order valence-corrected chi connectivity index (χ1v) is 8.56. The Hall–Kier alpha value is -2.54. The van der Waals surface area contributed by atoms with Crippen molar-refractivity contribution >= 4 is 23.5 Å². The van der Waals surface area contributed by atoms with Gasteiger partial charge in [-0.3, -0.25) is 4.79 Å². The summed E-state index contributed by atoms with van der Waals surface area (Å²) in [5, 5.41) is 0.678. The van der Waals surface area contributed by atoms with Crippen LogP contribution in [0.5, 0.6) is 5.75 Å². The average Bonchev–Trinajstić information content (AvgIpc) is 3.09. The van der Waals surface area contributed by atoms with E-state index in [1.165, 1.54) is 12.0 Å². The lowest BCUT2D eigenvalue weighted by Crippen LogP contribution is -2.50. The molecule has 0 aliphatic carbocycles. The Morgan fingerprint density at radius 1 is 1.35 bits per heavy atom. The molecule has 8 heteroatoms. The van der Waals surface area contributed by atoms with Crippen molar-refractivity contribution in [1.82, 2.24) is 14.9 Å². The number of ether oxygens (including phenoxy) is 2. The summed E-state index contributed by atoms with van der Waals surface area (Å²) in [5.41, 5.74) is 3.34. The summed E-state index contributed by atoms with van der Waals surface area (Å²) in [5.74, 6) is -0.206. The Labute approximate surface area is 156 Å². The number of amides is 1. The first-order chi connectivity index (χ1) is 12.4. The van der Waals surface area contributed by atoms with Gasteiger partial charge in [0, 0.05) is 11.4 Å². The van der Waals surface area contributed by atoms with Crippen molar-refractivity contribution in [1.29, 1.82) is 0 Å². The zero-order valence-corrected chi connectivity index (χ0v) is 15.6. The van der Waals surface area contributed by atoms with E-state index in [4.69, 9.17) is 21.1 Å². The smallest absolute Gasteiger partial charge is 0.329 e. The lowest BCUT2D eigenvalue weighted by Gasteiger charge is -2.33. The Morgan fingerprint density at radius 3 is 2.69 bits per heavy atom. The Bertz CT molecular complexity index is 826. The maximum Gasteiger partial charge on any atom is 0.329 e. The highest BCUT2D eigenvalue weighted by Gasteiger charge is 2.36. The summed E-state index contributed by atoms with van der Waals surface area (Å²) in [6.07, 6.45) is 1.87. The van der Waals surface area contributed by atoms with Crippen LogP contribution in [0, 0.1) is 13.8 Å². The molecular weight excluding hydrogens is 358 g/mol. The molecule has 0 radical (unpaired) electrons. The molecule has 0 saturated heterocycles. The van der Waals surface area contributed by atoms with E-state index in [-0.39, 0.29) is 19.1 Å². The third-order valence-corrected chi connectivity index (χ3v) is 5.06.